The lowest BCUT2D eigenvalue weighted by Crippen LogP contribution is -2.29. The minimum absolute atomic E-state index is 0.193. The van der Waals surface area contributed by atoms with Crippen LogP contribution in [0.2, 0.25) is 0 Å². The van der Waals surface area contributed by atoms with Crippen LogP contribution in [0.15, 0.2) is 0 Å². The second kappa shape index (κ2) is 5.38. The second-order valence-corrected chi connectivity index (χ2v) is 3.91. The Morgan fingerprint density at radius 1 is 1.46 bits per heavy atom. The fraction of sp³-hybridized carbons (Fsp3) is 0.909. The molecule has 1 atom stereocenters. The van der Waals surface area contributed by atoms with Crippen LogP contribution in [-0.2, 0) is 9.53 Å². The highest BCUT2D eigenvalue weighted by Crippen LogP contribution is 2.22. The maximum Gasteiger partial charge on any atom is 0.140 e. The Bertz CT molecular complexity index is 161. The second-order valence-electron chi connectivity index (χ2n) is 3.91. The number of carbonyl (C=O) groups is 1. The van der Waals surface area contributed by atoms with E-state index in [0.29, 0.717) is 31.3 Å². The van der Waals surface area contributed by atoms with Crippen molar-refractivity contribution in [1.82, 2.24) is 0 Å². The highest BCUT2D eigenvalue weighted by atomic mass is 16.5. The van der Waals surface area contributed by atoms with Gasteiger partial charge in [-0.25, -0.2) is 0 Å². The summed E-state index contributed by atoms with van der Waals surface area (Å²) in [5, 5.41) is 0. The zero-order chi connectivity index (χ0) is 9.68. The van der Waals surface area contributed by atoms with Gasteiger partial charge in [0.15, 0.2) is 0 Å². The monoisotopic (exact) mass is 184 g/mol. The quantitative estimate of drug-likeness (QED) is 0.670. The van der Waals surface area contributed by atoms with E-state index in [1.807, 2.05) is 0 Å². The molecule has 0 aromatic heterocycles. The molecule has 1 rings (SSSR count). The number of ketones is 1. The molecule has 1 unspecified atom stereocenters. The summed E-state index contributed by atoms with van der Waals surface area (Å²) < 4.78 is 5.32. The summed E-state index contributed by atoms with van der Waals surface area (Å²) in [7, 11) is 0. The van der Waals surface area contributed by atoms with Gasteiger partial charge >= 0.3 is 0 Å². The van der Waals surface area contributed by atoms with Crippen LogP contribution < -0.4 is 0 Å². The molecule has 0 aromatic carbocycles. The highest BCUT2D eigenvalue weighted by Gasteiger charge is 2.24. The molecule has 0 radical (unpaired) electrons. The molecule has 1 fully saturated rings. The highest BCUT2D eigenvalue weighted by molar-refractivity contribution is 5.81. The standard InChI is InChI=1S/C11H20O2/c1-3-9(4-2)7-10-8-13-6-5-11(10)12/h9-10H,3-8H2,1-2H3. The summed E-state index contributed by atoms with van der Waals surface area (Å²) in [6.07, 6.45) is 4.03. The minimum Gasteiger partial charge on any atom is -0.380 e. The third kappa shape index (κ3) is 3.11. The summed E-state index contributed by atoms with van der Waals surface area (Å²) in [5.41, 5.74) is 0. The van der Waals surface area contributed by atoms with Crippen molar-refractivity contribution in [2.75, 3.05) is 13.2 Å². The van der Waals surface area contributed by atoms with E-state index in [1.165, 1.54) is 12.8 Å². The number of carbonyl (C=O) groups excluding carboxylic acids is 1. The van der Waals surface area contributed by atoms with Crippen LogP contribution in [0, 0.1) is 11.8 Å². The summed E-state index contributed by atoms with van der Waals surface area (Å²) >= 11 is 0. The molecule has 2 nitrogen and oxygen atoms in total. The first-order valence-corrected chi connectivity index (χ1v) is 5.38. The Hall–Kier alpha value is -0.370. The van der Waals surface area contributed by atoms with Crippen LogP contribution >= 0.6 is 0 Å². The zero-order valence-electron chi connectivity index (χ0n) is 8.71. The molecule has 1 aliphatic rings. The van der Waals surface area contributed by atoms with Gasteiger partial charge in [-0.3, -0.25) is 4.79 Å². The maximum absolute atomic E-state index is 11.5. The van der Waals surface area contributed by atoms with Crippen molar-refractivity contribution in [2.45, 2.75) is 39.5 Å². The van der Waals surface area contributed by atoms with Gasteiger partial charge in [0, 0.05) is 12.3 Å². The molecule has 0 aliphatic carbocycles. The molecule has 0 N–H and O–H groups in total. The molecular formula is C11H20O2. The van der Waals surface area contributed by atoms with Gasteiger partial charge in [0.25, 0.3) is 0 Å². The summed E-state index contributed by atoms with van der Waals surface area (Å²) in [6.45, 7) is 5.69. The lowest BCUT2D eigenvalue weighted by Gasteiger charge is -2.24. The Morgan fingerprint density at radius 2 is 2.15 bits per heavy atom. The predicted molar refractivity (Wildman–Crippen MR) is 52.6 cm³/mol. The number of rotatable bonds is 4. The van der Waals surface area contributed by atoms with E-state index in [-0.39, 0.29) is 5.92 Å². The van der Waals surface area contributed by atoms with Crippen LogP contribution in [-0.4, -0.2) is 19.0 Å². The summed E-state index contributed by atoms with van der Waals surface area (Å²) in [5.74, 6) is 1.31. The van der Waals surface area contributed by atoms with Gasteiger partial charge in [0.05, 0.1) is 13.2 Å². The van der Waals surface area contributed by atoms with Crippen molar-refractivity contribution in [2.24, 2.45) is 11.8 Å². The average molecular weight is 184 g/mol. The molecular weight excluding hydrogens is 164 g/mol. The third-order valence-corrected chi connectivity index (χ3v) is 3.04. The Kier molecular flexibility index (Phi) is 4.43. The lowest BCUT2D eigenvalue weighted by molar-refractivity contribution is -0.131. The molecule has 0 bridgehead atoms. The molecule has 1 saturated heterocycles. The van der Waals surface area contributed by atoms with Gasteiger partial charge in [0.1, 0.15) is 5.78 Å². The van der Waals surface area contributed by atoms with Crippen LogP contribution in [0.5, 0.6) is 0 Å². The fourth-order valence-electron chi connectivity index (χ4n) is 1.92. The van der Waals surface area contributed by atoms with Gasteiger partial charge in [0.2, 0.25) is 0 Å². The Balaban J connectivity index is 2.36. The van der Waals surface area contributed by atoms with Gasteiger partial charge in [-0.15, -0.1) is 0 Å². The summed E-state index contributed by atoms with van der Waals surface area (Å²) in [6, 6.07) is 0. The van der Waals surface area contributed by atoms with E-state index in [2.05, 4.69) is 13.8 Å². The fourth-order valence-corrected chi connectivity index (χ4v) is 1.92. The normalized spacial score (nSPS) is 23.9. The van der Waals surface area contributed by atoms with Gasteiger partial charge in [-0.2, -0.15) is 0 Å². The first-order chi connectivity index (χ1) is 6.27. The predicted octanol–water partition coefficient (Wildman–Crippen LogP) is 2.42. The minimum atomic E-state index is 0.193. The first-order valence-electron chi connectivity index (χ1n) is 5.38. The first kappa shape index (κ1) is 10.7. The van der Waals surface area contributed by atoms with Gasteiger partial charge < -0.3 is 4.74 Å². The maximum atomic E-state index is 11.5. The van der Waals surface area contributed by atoms with E-state index < -0.39 is 0 Å². The number of hydrogen-bond donors (Lipinski definition) is 0. The topological polar surface area (TPSA) is 26.3 Å². The molecule has 13 heavy (non-hydrogen) atoms. The van der Waals surface area contributed by atoms with E-state index in [0.717, 1.165) is 6.42 Å². The molecule has 0 spiro atoms. The van der Waals surface area contributed by atoms with Crippen molar-refractivity contribution in [3.63, 3.8) is 0 Å². The number of ether oxygens (including phenoxy) is 1. The van der Waals surface area contributed by atoms with Crippen molar-refractivity contribution in [1.29, 1.82) is 0 Å². The van der Waals surface area contributed by atoms with E-state index in [1.54, 1.807) is 0 Å². The van der Waals surface area contributed by atoms with Crippen molar-refractivity contribution >= 4 is 5.78 Å². The number of hydrogen-bond acceptors (Lipinski definition) is 2. The Morgan fingerprint density at radius 3 is 2.69 bits per heavy atom. The van der Waals surface area contributed by atoms with E-state index >= 15 is 0 Å². The van der Waals surface area contributed by atoms with E-state index in [4.69, 9.17) is 4.74 Å². The molecule has 0 saturated carbocycles. The van der Waals surface area contributed by atoms with Crippen LogP contribution in [0.1, 0.15) is 39.5 Å². The molecule has 0 amide bonds. The van der Waals surface area contributed by atoms with Crippen molar-refractivity contribution < 1.29 is 9.53 Å². The van der Waals surface area contributed by atoms with Crippen LogP contribution in [0.25, 0.3) is 0 Å². The lowest BCUT2D eigenvalue weighted by atomic mass is 9.87. The smallest absolute Gasteiger partial charge is 0.140 e. The molecule has 1 aliphatic heterocycles. The largest absolute Gasteiger partial charge is 0.380 e. The van der Waals surface area contributed by atoms with Gasteiger partial charge in [-0.1, -0.05) is 26.7 Å². The van der Waals surface area contributed by atoms with Crippen molar-refractivity contribution in [3.8, 4) is 0 Å². The van der Waals surface area contributed by atoms with Crippen molar-refractivity contribution in [3.05, 3.63) is 0 Å². The molecule has 2 heteroatoms. The SMILES string of the molecule is CCC(CC)CC1COCCC1=O. The average Bonchev–Trinajstić information content (AvgIpc) is 2.17. The molecule has 1 heterocycles. The van der Waals surface area contributed by atoms with Crippen LogP contribution in [0.3, 0.4) is 0 Å². The van der Waals surface area contributed by atoms with Gasteiger partial charge in [-0.05, 0) is 12.3 Å². The zero-order valence-corrected chi connectivity index (χ0v) is 8.71. The Labute approximate surface area is 80.7 Å². The summed E-state index contributed by atoms with van der Waals surface area (Å²) in [4.78, 5) is 11.5. The molecule has 0 aromatic rings. The molecule has 76 valence electrons. The van der Waals surface area contributed by atoms with E-state index in [9.17, 15) is 4.79 Å². The third-order valence-electron chi connectivity index (χ3n) is 3.04. The van der Waals surface area contributed by atoms with Crippen LogP contribution in [0.4, 0.5) is 0 Å². The number of Topliss-reactive ketones (excluding diaryl/α,β-unsaturated/α-hetero) is 1.